The lowest BCUT2D eigenvalue weighted by molar-refractivity contribution is -0.136. The van der Waals surface area contributed by atoms with Gasteiger partial charge in [-0.25, -0.2) is 9.78 Å². The minimum atomic E-state index is -1.08. The highest BCUT2D eigenvalue weighted by atomic mass is 16.4. The van der Waals surface area contributed by atoms with Gasteiger partial charge >= 0.3 is 11.9 Å². The van der Waals surface area contributed by atoms with Gasteiger partial charge in [0, 0.05) is 23.7 Å². The Morgan fingerprint density at radius 3 is 2.60 bits per heavy atom. The monoisotopic (exact) mass is 401 g/mol. The molecule has 8 nitrogen and oxygen atoms in total. The van der Waals surface area contributed by atoms with E-state index in [0.717, 1.165) is 16.8 Å². The second kappa shape index (κ2) is 6.41. The molecule has 0 aliphatic heterocycles. The van der Waals surface area contributed by atoms with Crippen molar-refractivity contribution in [3.8, 4) is 22.5 Å². The highest BCUT2D eigenvalue weighted by molar-refractivity contribution is 5.95. The van der Waals surface area contributed by atoms with E-state index in [1.54, 1.807) is 40.9 Å². The van der Waals surface area contributed by atoms with Crippen LogP contribution in [0.3, 0.4) is 0 Å². The van der Waals surface area contributed by atoms with Crippen molar-refractivity contribution in [1.82, 2.24) is 14.4 Å². The largest absolute Gasteiger partial charge is 0.481 e. The first-order chi connectivity index (χ1) is 14.4. The van der Waals surface area contributed by atoms with Crippen LogP contribution in [0, 0.1) is 0 Å². The summed E-state index contributed by atoms with van der Waals surface area (Å²) in [5.74, 6) is -2.00. The molecule has 0 atom stereocenters. The normalized spacial score (nSPS) is 12.0. The fraction of sp³-hybridized carbons (Fsp3) is 0.0909. The number of fused-ring (bicyclic) bond motifs is 5. The Morgan fingerprint density at radius 1 is 1.07 bits per heavy atom. The molecular formula is C22H15N3O5. The number of benzene rings is 2. The van der Waals surface area contributed by atoms with Crippen molar-refractivity contribution in [3.05, 3.63) is 81.4 Å². The molecule has 2 heterocycles. The minimum absolute atomic E-state index is 0.0982. The van der Waals surface area contributed by atoms with Gasteiger partial charge in [-0.2, -0.15) is 0 Å². The molecule has 0 fully saturated rings. The van der Waals surface area contributed by atoms with Gasteiger partial charge in [0.25, 0.3) is 5.56 Å². The second-order valence-corrected chi connectivity index (χ2v) is 7.14. The Labute approximate surface area is 169 Å². The Kier molecular flexibility index (Phi) is 3.82. The summed E-state index contributed by atoms with van der Waals surface area (Å²) in [7, 11) is 0. The Bertz CT molecular complexity index is 1430. The maximum atomic E-state index is 12.7. The maximum Gasteiger partial charge on any atom is 0.336 e. The molecule has 2 aromatic heterocycles. The SMILES string of the molecule is O=C(O)Cc1cccc2c1Cc1c-2[nH]c(=O)c2nc(-c3ccccc3C(=O)O)cn12. The molecule has 0 bridgehead atoms. The number of hydrogen-bond donors (Lipinski definition) is 3. The third-order valence-electron chi connectivity index (χ3n) is 5.39. The van der Waals surface area contributed by atoms with E-state index in [1.165, 1.54) is 6.07 Å². The van der Waals surface area contributed by atoms with E-state index >= 15 is 0 Å². The van der Waals surface area contributed by atoms with Crippen molar-refractivity contribution < 1.29 is 19.8 Å². The molecular weight excluding hydrogens is 386 g/mol. The van der Waals surface area contributed by atoms with Gasteiger partial charge in [-0.3, -0.25) is 14.0 Å². The third-order valence-corrected chi connectivity index (χ3v) is 5.39. The van der Waals surface area contributed by atoms with Crippen LogP contribution in [-0.2, 0) is 17.6 Å². The van der Waals surface area contributed by atoms with Crippen LogP contribution in [-0.4, -0.2) is 36.5 Å². The number of carbonyl (C=O) groups is 2. The number of aromatic amines is 1. The van der Waals surface area contributed by atoms with Crippen LogP contribution in [0.1, 0.15) is 27.2 Å². The summed E-state index contributed by atoms with van der Waals surface area (Å²) < 4.78 is 1.67. The van der Waals surface area contributed by atoms with Crippen molar-refractivity contribution >= 4 is 17.6 Å². The van der Waals surface area contributed by atoms with Crippen molar-refractivity contribution in [1.29, 1.82) is 0 Å². The second-order valence-electron chi connectivity index (χ2n) is 7.14. The molecule has 5 rings (SSSR count). The summed E-state index contributed by atoms with van der Waals surface area (Å²) in [6.45, 7) is 0. The first-order valence-electron chi connectivity index (χ1n) is 9.24. The first kappa shape index (κ1) is 17.9. The van der Waals surface area contributed by atoms with E-state index in [-0.39, 0.29) is 17.6 Å². The number of H-pyrrole nitrogens is 1. The number of rotatable bonds is 4. The number of carboxylic acid groups (broad SMARTS) is 2. The van der Waals surface area contributed by atoms with Gasteiger partial charge < -0.3 is 15.2 Å². The van der Waals surface area contributed by atoms with Gasteiger partial charge in [-0.1, -0.05) is 36.4 Å². The fourth-order valence-corrected chi connectivity index (χ4v) is 4.10. The van der Waals surface area contributed by atoms with Gasteiger partial charge in [0.15, 0.2) is 0 Å². The molecule has 0 radical (unpaired) electrons. The number of aliphatic carboxylic acids is 1. The van der Waals surface area contributed by atoms with Crippen molar-refractivity contribution in [2.45, 2.75) is 12.8 Å². The molecule has 4 aromatic rings. The van der Waals surface area contributed by atoms with Crippen LogP contribution in [0.2, 0.25) is 0 Å². The summed E-state index contributed by atoms with van der Waals surface area (Å²) in [6.07, 6.45) is 2.00. The summed E-state index contributed by atoms with van der Waals surface area (Å²) in [5.41, 5.74) is 4.43. The van der Waals surface area contributed by atoms with Gasteiger partial charge in [-0.05, 0) is 17.2 Å². The molecule has 2 aromatic carbocycles. The minimum Gasteiger partial charge on any atom is -0.481 e. The number of hydrogen-bond acceptors (Lipinski definition) is 4. The van der Waals surface area contributed by atoms with E-state index in [4.69, 9.17) is 0 Å². The zero-order chi connectivity index (χ0) is 21.0. The molecule has 1 aliphatic rings. The predicted molar refractivity (Wildman–Crippen MR) is 108 cm³/mol. The molecule has 8 heteroatoms. The van der Waals surface area contributed by atoms with E-state index in [0.29, 0.717) is 28.9 Å². The predicted octanol–water partition coefficient (Wildman–Crippen LogP) is 2.59. The Hall–Kier alpha value is -4.20. The topological polar surface area (TPSA) is 125 Å². The Balaban J connectivity index is 1.72. The van der Waals surface area contributed by atoms with Crippen LogP contribution in [0.4, 0.5) is 0 Å². The molecule has 0 unspecified atom stereocenters. The third kappa shape index (κ3) is 2.61. The van der Waals surface area contributed by atoms with E-state index < -0.39 is 17.5 Å². The molecule has 0 amide bonds. The number of imidazole rings is 1. The standard InChI is InChI=1S/C22H15N3O5/c26-18(27)8-11-4-3-7-13-15(11)9-17-19(13)24-21(28)20-23-16(10-25(17)20)12-5-1-2-6-14(12)22(29)30/h1-7,10H,8-9H2,(H,24,28)(H,26,27)(H,29,30). The molecule has 148 valence electrons. The van der Waals surface area contributed by atoms with Gasteiger partial charge in [0.2, 0.25) is 5.65 Å². The Morgan fingerprint density at radius 2 is 1.83 bits per heavy atom. The van der Waals surface area contributed by atoms with Crippen molar-refractivity contribution in [3.63, 3.8) is 0 Å². The average molecular weight is 401 g/mol. The summed E-state index contributed by atoms with van der Waals surface area (Å²) in [5, 5.41) is 18.7. The van der Waals surface area contributed by atoms with Gasteiger partial charge in [0.05, 0.1) is 29.1 Å². The fourth-order valence-electron chi connectivity index (χ4n) is 4.10. The van der Waals surface area contributed by atoms with Crippen molar-refractivity contribution in [2.24, 2.45) is 0 Å². The van der Waals surface area contributed by atoms with E-state index in [1.807, 2.05) is 6.07 Å². The zero-order valence-electron chi connectivity index (χ0n) is 15.5. The highest BCUT2D eigenvalue weighted by Crippen LogP contribution is 2.37. The molecule has 0 spiro atoms. The lowest BCUT2D eigenvalue weighted by Gasteiger charge is -2.05. The summed E-state index contributed by atoms with van der Waals surface area (Å²) in [4.78, 5) is 42.8. The van der Waals surface area contributed by atoms with Crippen LogP contribution in [0.5, 0.6) is 0 Å². The summed E-state index contributed by atoms with van der Waals surface area (Å²) >= 11 is 0. The molecule has 0 saturated carbocycles. The van der Waals surface area contributed by atoms with E-state index in [2.05, 4.69) is 9.97 Å². The molecule has 30 heavy (non-hydrogen) atoms. The van der Waals surface area contributed by atoms with Crippen LogP contribution in [0.25, 0.3) is 28.2 Å². The highest BCUT2D eigenvalue weighted by Gasteiger charge is 2.27. The number of aromatic carboxylic acids is 1. The number of carboxylic acids is 2. The molecule has 0 saturated heterocycles. The van der Waals surface area contributed by atoms with Gasteiger partial charge in [0.1, 0.15) is 0 Å². The lowest BCUT2D eigenvalue weighted by atomic mass is 10.0. The maximum absolute atomic E-state index is 12.7. The summed E-state index contributed by atoms with van der Waals surface area (Å²) in [6, 6.07) is 11.9. The molecule has 1 aliphatic carbocycles. The van der Waals surface area contributed by atoms with Gasteiger partial charge in [-0.15, -0.1) is 0 Å². The van der Waals surface area contributed by atoms with Crippen molar-refractivity contribution in [2.75, 3.05) is 0 Å². The zero-order valence-corrected chi connectivity index (χ0v) is 15.5. The number of nitrogens with one attached hydrogen (secondary N) is 1. The lowest BCUT2D eigenvalue weighted by Crippen LogP contribution is -2.13. The first-order valence-corrected chi connectivity index (χ1v) is 9.24. The number of nitrogens with zero attached hydrogens (tertiary/aromatic N) is 2. The van der Waals surface area contributed by atoms with Crippen LogP contribution >= 0.6 is 0 Å². The quantitative estimate of drug-likeness (QED) is 0.425. The van der Waals surface area contributed by atoms with Crippen LogP contribution < -0.4 is 5.56 Å². The molecule has 3 N–H and O–H groups in total. The number of aromatic nitrogens is 3. The average Bonchev–Trinajstić information content (AvgIpc) is 3.31. The smallest absolute Gasteiger partial charge is 0.336 e. The van der Waals surface area contributed by atoms with Crippen LogP contribution in [0.15, 0.2) is 53.5 Å². The van der Waals surface area contributed by atoms with E-state index in [9.17, 15) is 24.6 Å².